The minimum absolute atomic E-state index is 0.0150. The van der Waals surface area contributed by atoms with Crippen LogP contribution in [0, 0.1) is 0 Å². The summed E-state index contributed by atoms with van der Waals surface area (Å²) in [5.74, 6) is -2.36. The van der Waals surface area contributed by atoms with Crippen molar-refractivity contribution in [1.82, 2.24) is 5.32 Å². The minimum atomic E-state index is -4.16. The first-order valence-corrected chi connectivity index (χ1v) is 13.9. The zero-order valence-corrected chi connectivity index (χ0v) is 22.5. The quantitative estimate of drug-likeness (QED) is 0.0719. The third-order valence-electron chi connectivity index (χ3n) is 5.21. The summed E-state index contributed by atoms with van der Waals surface area (Å²) in [7, 11) is -4.16. The second-order valence-electron chi connectivity index (χ2n) is 8.19. The molecule has 0 fully saturated rings. The Bertz CT molecular complexity index is 1340. The molecule has 1 atom stereocenters. The molecule has 2 rings (SSSR count). The smallest absolute Gasteiger partial charge is 0.326 e. The number of benzene rings is 1. The molecular formula is C25H31N5O6S2. The number of carboxylic acids is 1. The van der Waals surface area contributed by atoms with E-state index < -0.39 is 27.9 Å². The average molecular weight is 562 g/mol. The molecule has 38 heavy (non-hydrogen) atoms. The van der Waals surface area contributed by atoms with Gasteiger partial charge in [0.15, 0.2) is 11.7 Å². The second-order valence-corrected chi connectivity index (χ2v) is 10.8. The number of nitrogens with one attached hydrogen (secondary N) is 2. The molecule has 13 heteroatoms. The summed E-state index contributed by atoms with van der Waals surface area (Å²) in [6.45, 7) is 5.90. The van der Waals surface area contributed by atoms with E-state index >= 15 is 0 Å². The fourth-order valence-electron chi connectivity index (χ4n) is 3.33. The fourth-order valence-corrected chi connectivity index (χ4v) is 5.26. The van der Waals surface area contributed by atoms with Gasteiger partial charge in [-0.2, -0.15) is 0 Å². The fraction of sp³-hybridized carbons (Fsp3) is 0.280. The Hall–Kier alpha value is -3.97. The van der Waals surface area contributed by atoms with Crippen molar-refractivity contribution < 1.29 is 27.9 Å². The van der Waals surface area contributed by atoms with Crippen molar-refractivity contribution >= 4 is 50.7 Å². The van der Waals surface area contributed by atoms with E-state index in [9.17, 15) is 27.9 Å². The molecule has 204 valence electrons. The normalized spacial score (nSPS) is 12.0. The Morgan fingerprint density at radius 1 is 1.21 bits per heavy atom. The van der Waals surface area contributed by atoms with Crippen molar-refractivity contribution in [2.45, 2.75) is 43.5 Å². The van der Waals surface area contributed by atoms with Gasteiger partial charge in [-0.3, -0.25) is 19.3 Å². The summed E-state index contributed by atoms with van der Waals surface area (Å²) in [6, 6.07) is 5.77. The van der Waals surface area contributed by atoms with Gasteiger partial charge in [0.25, 0.3) is 15.9 Å². The van der Waals surface area contributed by atoms with E-state index in [1.165, 1.54) is 35.7 Å². The maximum atomic E-state index is 13.1. The molecule has 0 saturated carbocycles. The lowest BCUT2D eigenvalue weighted by Crippen LogP contribution is -2.40. The van der Waals surface area contributed by atoms with Gasteiger partial charge in [0.1, 0.15) is 10.9 Å². The Morgan fingerprint density at radius 2 is 1.95 bits per heavy atom. The van der Waals surface area contributed by atoms with Crippen LogP contribution in [0.25, 0.3) is 0 Å². The third kappa shape index (κ3) is 9.16. The first-order valence-electron chi connectivity index (χ1n) is 11.6. The first-order chi connectivity index (χ1) is 17.9. The van der Waals surface area contributed by atoms with E-state index in [1.807, 2.05) is 13.0 Å². The minimum Gasteiger partial charge on any atom is -0.480 e. The molecule has 0 radical (unpaired) electrons. The summed E-state index contributed by atoms with van der Waals surface area (Å²) in [6.07, 6.45) is 4.60. The molecule has 0 aliphatic carbocycles. The van der Waals surface area contributed by atoms with Crippen LogP contribution in [0.5, 0.6) is 0 Å². The van der Waals surface area contributed by atoms with Crippen LogP contribution in [0.1, 0.15) is 52.6 Å². The summed E-state index contributed by atoms with van der Waals surface area (Å²) in [4.78, 5) is 40.6. The SMILES string of the molecule is C=C(/C=C/C)CCC(=O)c1cccc(S(=O)(=O)Nc2ccsc2C(=O)N[C@@H](CCCN=C(N)N)C(=O)O)c1. The van der Waals surface area contributed by atoms with Crippen molar-refractivity contribution in [3.8, 4) is 0 Å². The van der Waals surface area contributed by atoms with Crippen LogP contribution in [0.2, 0.25) is 0 Å². The molecule has 7 N–H and O–H groups in total. The Labute approximate surface area is 225 Å². The maximum Gasteiger partial charge on any atom is 0.326 e. The van der Waals surface area contributed by atoms with Crippen LogP contribution >= 0.6 is 11.3 Å². The van der Waals surface area contributed by atoms with Crippen LogP contribution < -0.4 is 21.5 Å². The molecule has 1 aromatic heterocycles. The maximum absolute atomic E-state index is 13.1. The molecule has 0 aliphatic rings. The van der Waals surface area contributed by atoms with Gasteiger partial charge in [0.2, 0.25) is 0 Å². The molecule has 11 nitrogen and oxygen atoms in total. The van der Waals surface area contributed by atoms with Crippen LogP contribution in [-0.4, -0.2) is 49.7 Å². The number of Topliss-reactive ketones (excluding diaryl/α,β-unsaturated/α-hetero) is 1. The van der Waals surface area contributed by atoms with Crippen molar-refractivity contribution in [2.24, 2.45) is 16.5 Å². The Balaban J connectivity index is 2.13. The number of ketones is 1. The predicted octanol–water partition coefficient (Wildman–Crippen LogP) is 2.88. The van der Waals surface area contributed by atoms with E-state index in [0.29, 0.717) is 12.8 Å². The number of hydrogen-bond acceptors (Lipinski definition) is 7. The highest BCUT2D eigenvalue weighted by Gasteiger charge is 2.25. The molecule has 0 unspecified atom stereocenters. The number of aliphatic imine (C=N–C) groups is 1. The van der Waals surface area contributed by atoms with Gasteiger partial charge in [-0.05, 0) is 49.8 Å². The molecule has 0 spiro atoms. The van der Waals surface area contributed by atoms with E-state index in [0.717, 1.165) is 16.9 Å². The van der Waals surface area contributed by atoms with E-state index in [4.69, 9.17) is 11.5 Å². The monoisotopic (exact) mass is 561 g/mol. The first kappa shape index (κ1) is 30.3. The highest BCUT2D eigenvalue weighted by Crippen LogP contribution is 2.26. The standard InChI is InChI=1S/C25H31N5O6S2/c1-3-6-16(2)10-11-21(31)17-7-4-8-18(15-17)38(35,36)30-19-12-14-37-22(19)23(32)29-20(24(33)34)9-5-13-28-25(26)27/h3-4,6-8,12,14-15,20,30H,2,5,9-11,13H2,1H3,(H,29,32)(H,33,34)(H4,26,27,28)/b6-3+/t20-/m0/s1. The van der Waals surface area contributed by atoms with Gasteiger partial charge < -0.3 is 21.9 Å². The van der Waals surface area contributed by atoms with Crippen molar-refractivity contribution in [1.29, 1.82) is 0 Å². The Kier molecular flexibility index (Phi) is 11.2. The molecule has 0 saturated heterocycles. The number of aliphatic carboxylic acids is 1. The number of carboxylic acid groups (broad SMARTS) is 1. The lowest BCUT2D eigenvalue weighted by molar-refractivity contribution is -0.139. The van der Waals surface area contributed by atoms with Crippen LogP contribution in [0.15, 0.2) is 69.9 Å². The summed E-state index contributed by atoms with van der Waals surface area (Å²) in [5, 5.41) is 13.4. The van der Waals surface area contributed by atoms with Crippen LogP contribution in [-0.2, 0) is 14.8 Å². The van der Waals surface area contributed by atoms with Gasteiger partial charge >= 0.3 is 5.97 Å². The molecule has 0 bridgehead atoms. The molecule has 0 aliphatic heterocycles. The number of anilines is 1. The van der Waals surface area contributed by atoms with Crippen molar-refractivity contribution in [3.63, 3.8) is 0 Å². The number of amides is 1. The molecule has 1 heterocycles. The number of rotatable bonds is 15. The van der Waals surface area contributed by atoms with E-state index in [-0.39, 0.29) is 52.2 Å². The van der Waals surface area contributed by atoms with Crippen molar-refractivity contribution in [3.05, 3.63) is 70.5 Å². The van der Waals surface area contributed by atoms with E-state index in [2.05, 4.69) is 21.6 Å². The predicted molar refractivity (Wildman–Crippen MR) is 148 cm³/mol. The summed E-state index contributed by atoms with van der Waals surface area (Å²) in [5.41, 5.74) is 11.5. The lowest BCUT2D eigenvalue weighted by atomic mass is 10.0. The second kappa shape index (κ2) is 14.1. The van der Waals surface area contributed by atoms with Gasteiger partial charge in [-0.25, -0.2) is 13.2 Å². The van der Waals surface area contributed by atoms with Gasteiger partial charge in [-0.1, -0.05) is 36.4 Å². The molecule has 1 aromatic carbocycles. The van der Waals surface area contributed by atoms with Crippen LogP contribution in [0.4, 0.5) is 5.69 Å². The summed E-state index contributed by atoms with van der Waals surface area (Å²) < 4.78 is 28.5. The lowest BCUT2D eigenvalue weighted by Gasteiger charge is -2.15. The number of nitrogens with zero attached hydrogens (tertiary/aromatic N) is 1. The van der Waals surface area contributed by atoms with Crippen molar-refractivity contribution in [2.75, 3.05) is 11.3 Å². The average Bonchev–Trinajstić information content (AvgIpc) is 3.31. The Morgan fingerprint density at radius 3 is 2.61 bits per heavy atom. The number of hydrogen-bond donors (Lipinski definition) is 5. The number of nitrogens with two attached hydrogens (primary N) is 2. The van der Waals surface area contributed by atoms with Crippen LogP contribution in [0.3, 0.4) is 0 Å². The zero-order valence-electron chi connectivity index (χ0n) is 20.8. The number of carbonyl (C=O) groups is 3. The number of thiophene rings is 1. The third-order valence-corrected chi connectivity index (χ3v) is 7.48. The van der Waals surface area contributed by atoms with Gasteiger partial charge in [0.05, 0.1) is 10.6 Å². The largest absolute Gasteiger partial charge is 0.480 e. The molecule has 2 aromatic rings. The molecule has 1 amide bonds. The number of allylic oxidation sites excluding steroid dienone is 3. The highest BCUT2D eigenvalue weighted by molar-refractivity contribution is 7.92. The topological polar surface area (TPSA) is 194 Å². The number of carbonyl (C=O) groups excluding carboxylic acids is 2. The zero-order chi connectivity index (χ0) is 28.3. The highest BCUT2D eigenvalue weighted by atomic mass is 32.2. The van der Waals surface area contributed by atoms with Gasteiger partial charge in [-0.15, -0.1) is 11.3 Å². The number of sulfonamides is 1. The summed E-state index contributed by atoms with van der Waals surface area (Å²) >= 11 is 0.946. The van der Waals surface area contributed by atoms with Gasteiger partial charge in [0, 0.05) is 18.5 Å². The van der Waals surface area contributed by atoms with E-state index in [1.54, 1.807) is 6.08 Å². The molecular weight excluding hydrogens is 530 g/mol. The number of guanidine groups is 1.